The smallest absolute Gasteiger partial charge is 0.306 e. The van der Waals surface area contributed by atoms with Gasteiger partial charge in [-0.25, -0.2) is 0 Å². The lowest BCUT2D eigenvalue weighted by Crippen LogP contribution is -2.05. The Morgan fingerprint density at radius 1 is 1.40 bits per heavy atom. The SMILES string of the molecule is C=CCC(C)CC=CC(C)CC(=O)OC. The molecule has 0 saturated carbocycles. The maximum absolute atomic E-state index is 11.0. The van der Waals surface area contributed by atoms with Gasteiger partial charge in [0, 0.05) is 0 Å². The fourth-order valence-electron chi connectivity index (χ4n) is 1.34. The van der Waals surface area contributed by atoms with Crippen LogP contribution in [0.15, 0.2) is 24.8 Å². The van der Waals surface area contributed by atoms with Crippen molar-refractivity contribution in [2.75, 3.05) is 7.11 Å². The summed E-state index contributed by atoms with van der Waals surface area (Å²) in [6.07, 6.45) is 8.70. The molecule has 0 aliphatic heterocycles. The fraction of sp³-hybridized carbons (Fsp3) is 0.615. The first-order valence-corrected chi connectivity index (χ1v) is 5.44. The third-order valence-corrected chi connectivity index (χ3v) is 2.29. The number of ether oxygens (including phenoxy) is 1. The Morgan fingerprint density at radius 2 is 2.07 bits per heavy atom. The van der Waals surface area contributed by atoms with Crippen molar-refractivity contribution in [3.05, 3.63) is 24.8 Å². The molecular formula is C13H22O2. The molecule has 0 amide bonds. The van der Waals surface area contributed by atoms with Crippen LogP contribution < -0.4 is 0 Å². The van der Waals surface area contributed by atoms with Gasteiger partial charge in [0.2, 0.25) is 0 Å². The van der Waals surface area contributed by atoms with Crippen LogP contribution in [0.2, 0.25) is 0 Å². The molecule has 2 unspecified atom stereocenters. The van der Waals surface area contributed by atoms with Crippen molar-refractivity contribution in [2.45, 2.75) is 33.1 Å². The summed E-state index contributed by atoms with van der Waals surface area (Å²) in [5.41, 5.74) is 0. The van der Waals surface area contributed by atoms with Gasteiger partial charge >= 0.3 is 5.97 Å². The molecule has 0 saturated heterocycles. The van der Waals surface area contributed by atoms with Gasteiger partial charge in [-0.15, -0.1) is 6.58 Å². The summed E-state index contributed by atoms with van der Waals surface area (Å²) in [4.78, 5) is 11.0. The van der Waals surface area contributed by atoms with Crippen molar-refractivity contribution in [1.82, 2.24) is 0 Å². The van der Waals surface area contributed by atoms with Crippen LogP contribution in [0, 0.1) is 11.8 Å². The molecule has 0 spiro atoms. The molecule has 0 heterocycles. The third kappa shape index (κ3) is 7.98. The van der Waals surface area contributed by atoms with Crippen molar-refractivity contribution in [3.63, 3.8) is 0 Å². The first-order chi connectivity index (χ1) is 7.10. The number of carbonyl (C=O) groups excluding carboxylic acids is 1. The number of hydrogen-bond donors (Lipinski definition) is 0. The van der Waals surface area contributed by atoms with E-state index in [1.54, 1.807) is 0 Å². The van der Waals surface area contributed by atoms with Crippen LogP contribution in [0.3, 0.4) is 0 Å². The summed E-state index contributed by atoms with van der Waals surface area (Å²) in [5.74, 6) is 0.740. The minimum Gasteiger partial charge on any atom is -0.469 e. The van der Waals surface area contributed by atoms with E-state index in [0.29, 0.717) is 12.3 Å². The predicted octanol–water partition coefficient (Wildman–Crippen LogP) is 3.34. The summed E-state index contributed by atoms with van der Waals surface area (Å²) >= 11 is 0. The van der Waals surface area contributed by atoms with Gasteiger partial charge in [0.15, 0.2) is 0 Å². The van der Waals surface area contributed by atoms with Crippen LogP contribution in [-0.4, -0.2) is 13.1 Å². The summed E-state index contributed by atoms with van der Waals surface area (Å²) in [7, 11) is 1.42. The predicted molar refractivity (Wildman–Crippen MR) is 63.5 cm³/mol. The van der Waals surface area contributed by atoms with Crippen LogP contribution in [-0.2, 0) is 9.53 Å². The topological polar surface area (TPSA) is 26.3 Å². The number of allylic oxidation sites excluding steroid dienone is 3. The van der Waals surface area contributed by atoms with E-state index in [9.17, 15) is 4.79 Å². The Kier molecular flexibility index (Phi) is 7.69. The molecule has 2 heteroatoms. The second kappa shape index (κ2) is 8.27. The average molecular weight is 210 g/mol. The highest BCUT2D eigenvalue weighted by atomic mass is 16.5. The van der Waals surface area contributed by atoms with E-state index < -0.39 is 0 Å². The van der Waals surface area contributed by atoms with Gasteiger partial charge in [0.1, 0.15) is 0 Å². The van der Waals surface area contributed by atoms with Gasteiger partial charge in [-0.2, -0.15) is 0 Å². The Hall–Kier alpha value is -1.05. The van der Waals surface area contributed by atoms with Gasteiger partial charge in [-0.05, 0) is 24.7 Å². The van der Waals surface area contributed by atoms with Gasteiger partial charge in [0.05, 0.1) is 13.5 Å². The lowest BCUT2D eigenvalue weighted by atomic mass is 10.0. The highest BCUT2D eigenvalue weighted by Crippen LogP contribution is 2.11. The summed E-state index contributed by atoms with van der Waals surface area (Å²) in [5, 5.41) is 0. The molecule has 0 aromatic carbocycles. The van der Waals surface area contributed by atoms with E-state index in [4.69, 9.17) is 0 Å². The summed E-state index contributed by atoms with van der Waals surface area (Å²) < 4.78 is 4.60. The van der Waals surface area contributed by atoms with Crippen LogP contribution in [0.25, 0.3) is 0 Å². The minimum atomic E-state index is -0.147. The zero-order valence-corrected chi connectivity index (χ0v) is 10.0. The Morgan fingerprint density at radius 3 is 2.60 bits per heavy atom. The van der Waals surface area contributed by atoms with Crippen molar-refractivity contribution in [3.8, 4) is 0 Å². The van der Waals surface area contributed by atoms with Crippen molar-refractivity contribution in [2.24, 2.45) is 11.8 Å². The molecule has 0 fully saturated rings. The molecule has 0 radical (unpaired) electrons. The lowest BCUT2D eigenvalue weighted by molar-refractivity contribution is -0.141. The van der Waals surface area contributed by atoms with Crippen LogP contribution in [0.4, 0.5) is 0 Å². The number of methoxy groups -OCH3 is 1. The number of rotatable bonds is 7. The Bertz CT molecular complexity index is 219. The molecule has 15 heavy (non-hydrogen) atoms. The second-order valence-corrected chi connectivity index (χ2v) is 4.05. The standard InChI is InChI=1S/C13H22O2/c1-5-7-11(2)8-6-9-12(3)10-13(14)15-4/h5-6,9,11-12H,1,7-8,10H2,2-4H3. The highest BCUT2D eigenvalue weighted by Gasteiger charge is 2.05. The minimum absolute atomic E-state index is 0.147. The molecule has 0 aliphatic rings. The monoisotopic (exact) mass is 210 g/mol. The molecule has 0 bridgehead atoms. The van der Waals surface area contributed by atoms with E-state index in [2.05, 4.69) is 30.4 Å². The summed E-state index contributed by atoms with van der Waals surface area (Å²) in [6, 6.07) is 0. The maximum Gasteiger partial charge on any atom is 0.306 e. The summed E-state index contributed by atoms with van der Waals surface area (Å²) in [6.45, 7) is 7.92. The van der Waals surface area contributed by atoms with Gasteiger partial charge in [-0.3, -0.25) is 4.79 Å². The van der Waals surface area contributed by atoms with Crippen molar-refractivity contribution < 1.29 is 9.53 Å². The second-order valence-electron chi connectivity index (χ2n) is 4.05. The Labute approximate surface area is 93.0 Å². The van der Waals surface area contributed by atoms with E-state index in [1.807, 2.05) is 13.0 Å². The normalized spacial score (nSPS) is 14.9. The van der Waals surface area contributed by atoms with Gasteiger partial charge in [0.25, 0.3) is 0 Å². The molecule has 2 atom stereocenters. The zero-order chi connectivity index (χ0) is 11.7. The molecule has 0 rings (SSSR count). The van der Waals surface area contributed by atoms with E-state index in [1.165, 1.54) is 7.11 Å². The zero-order valence-electron chi connectivity index (χ0n) is 10.0. The van der Waals surface area contributed by atoms with Crippen molar-refractivity contribution >= 4 is 5.97 Å². The molecule has 0 aromatic heterocycles. The van der Waals surface area contributed by atoms with Gasteiger partial charge < -0.3 is 4.74 Å². The van der Waals surface area contributed by atoms with Crippen LogP contribution >= 0.6 is 0 Å². The van der Waals surface area contributed by atoms with Crippen LogP contribution in [0.1, 0.15) is 33.1 Å². The van der Waals surface area contributed by atoms with E-state index in [-0.39, 0.29) is 11.9 Å². The average Bonchev–Trinajstić information content (AvgIpc) is 2.18. The first kappa shape index (κ1) is 13.9. The lowest BCUT2D eigenvalue weighted by Gasteiger charge is -2.06. The molecule has 86 valence electrons. The third-order valence-electron chi connectivity index (χ3n) is 2.29. The van der Waals surface area contributed by atoms with Crippen LogP contribution in [0.5, 0.6) is 0 Å². The van der Waals surface area contributed by atoms with Crippen molar-refractivity contribution in [1.29, 1.82) is 0 Å². The fourth-order valence-corrected chi connectivity index (χ4v) is 1.34. The maximum atomic E-state index is 11.0. The van der Waals surface area contributed by atoms with E-state index >= 15 is 0 Å². The van der Waals surface area contributed by atoms with Gasteiger partial charge in [-0.1, -0.05) is 32.1 Å². The highest BCUT2D eigenvalue weighted by molar-refractivity contribution is 5.69. The largest absolute Gasteiger partial charge is 0.469 e. The molecule has 0 N–H and O–H groups in total. The molecular weight excluding hydrogens is 188 g/mol. The first-order valence-electron chi connectivity index (χ1n) is 5.44. The number of carbonyl (C=O) groups is 1. The molecule has 2 nitrogen and oxygen atoms in total. The molecule has 0 aromatic rings. The van der Waals surface area contributed by atoms with E-state index in [0.717, 1.165) is 12.8 Å². The number of hydrogen-bond acceptors (Lipinski definition) is 2. The number of esters is 1. The quantitative estimate of drug-likeness (QED) is 0.476. The Balaban J connectivity index is 3.75. The molecule has 0 aliphatic carbocycles.